The molecular weight excluding hydrogens is 708 g/mol. The monoisotopic (exact) mass is 747 g/mol. The van der Waals surface area contributed by atoms with Gasteiger partial charge in [-0.25, -0.2) is 13.1 Å². The van der Waals surface area contributed by atoms with Crippen molar-refractivity contribution >= 4 is 57.8 Å². The molecule has 0 radical (unpaired) electrons. The van der Waals surface area contributed by atoms with Crippen LogP contribution in [0.25, 0.3) is 10.1 Å². The highest BCUT2D eigenvalue weighted by Gasteiger charge is 2.48. The number of rotatable bonds is 15. The standard InChI is InChI=1S/C29H39N7O6PS2.2ClH/c1-23-26-18-27(41-16-4-9-36-13-10-35(11-14-36,12-15-36)8-3-7-33-21-31)24(19-30)17-28(26)44-29(23)45(39,40)34-22-43(37,38)42-25-5-2-6-32-20-25;;/h2,5-6,17-18,20-21,34H,3-4,7-16,22H2,1H3,(H2-,31,33,37,38);2*1H/q+1;;/p-1. The van der Waals surface area contributed by atoms with E-state index in [2.05, 4.69) is 20.8 Å². The number of hydrogen-bond acceptors (Lipinski definition) is 10. The maximum absolute atomic E-state index is 13.1. The molecular formula is C29H40Cl2N7O6PS2. The average molecular weight is 749 g/mol. The number of pyridine rings is 1. The minimum Gasteiger partial charge on any atom is -1.00 e. The van der Waals surface area contributed by atoms with Gasteiger partial charge < -0.3 is 41.3 Å². The Balaban J connectivity index is 0.00000300. The number of quaternary nitrogens is 2. The number of sulfonamides is 1. The van der Waals surface area contributed by atoms with E-state index in [1.165, 1.54) is 55.0 Å². The molecule has 0 spiro atoms. The first kappa shape index (κ1) is 38.9. The second-order valence-electron chi connectivity index (χ2n) is 11.8. The number of aryl methyl sites for hydroxylation is 1. The second-order valence-corrected chi connectivity index (χ2v) is 16.5. The summed E-state index contributed by atoms with van der Waals surface area (Å²) in [7, 11) is -8.79. The molecule has 0 saturated carbocycles. The fourth-order valence-corrected chi connectivity index (χ4v) is 10.6. The molecule has 6 rings (SSSR count). The van der Waals surface area contributed by atoms with E-state index in [0.717, 1.165) is 67.9 Å². The van der Waals surface area contributed by atoms with Crippen molar-refractivity contribution in [3.8, 4) is 17.6 Å². The van der Waals surface area contributed by atoms with Gasteiger partial charge in [0, 0.05) is 35.7 Å². The number of ether oxygens (including phenoxy) is 1. The van der Waals surface area contributed by atoms with Gasteiger partial charge >= 0.3 is 0 Å². The number of nitriles is 1. The molecule has 258 valence electrons. The molecule has 47 heavy (non-hydrogen) atoms. The summed E-state index contributed by atoms with van der Waals surface area (Å²) in [6, 6.07) is 8.41. The Kier molecular flexibility index (Phi) is 13.5. The van der Waals surface area contributed by atoms with Crippen LogP contribution in [0, 0.1) is 18.3 Å². The number of hydrogen-bond donors (Lipinski definition) is 2. The number of piperazine rings is 3. The molecule has 3 fully saturated rings. The summed E-state index contributed by atoms with van der Waals surface area (Å²) in [5.74, 6) is 0.396. The maximum atomic E-state index is 13.1. The topological polar surface area (TPSA) is 180 Å². The first-order valence-corrected chi connectivity index (χ1v) is 18.9. The van der Waals surface area contributed by atoms with Crippen LogP contribution in [0.1, 0.15) is 24.0 Å². The largest absolute Gasteiger partial charge is 1.00 e. The van der Waals surface area contributed by atoms with Gasteiger partial charge in [0.2, 0.25) is 0 Å². The number of aliphatic imine (C=N–C) groups is 1. The predicted molar refractivity (Wildman–Crippen MR) is 178 cm³/mol. The van der Waals surface area contributed by atoms with Crippen molar-refractivity contribution in [3.05, 3.63) is 47.8 Å². The fraction of sp³-hybridized carbons (Fsp3) is 0.483. The summed E-state index contributed by atoms with van der Waals surface area (Å²) in [6.07, 6.45) is 5.04. The SMILES string of the molecule is Cc1c(S(=O)(=O)NCP(=O)([O-])Oc2cccnc2)sc2cc(C#N)c(OCCC[N+]34CC[N+](CCCN=CN)(CC3)CC4)cc12.Cl.[Cl-]. The van der Waals surface area contributed by atoms with Crippen LogP contribution in [-0.4, -0.2) is 101 Å². The van der Waals surface area contributed by atoms with Crippen molar-refractivity contribution in [1.82, 2.24) is 9.71 Å². The molecule has 3 aromatic rings. The molecule has 13 nitrogen and oxygen atoms in total. The number of fused-ring (bicyclic) bond motifs is 4. The van der Waals surface area contributed by atoms with Gasteiger partial charge in [-0.2, -0.15) is 5.26 Å². The van der Waals surface area contributed by atoms with E-state index in [-0.39, 0.29) is 34.8 Å². The van der Waals surface area contributed by atoms with E-state index >= 15 is 0 Å². The summed E-state index contributed by atoms with van der Waals surface area (Å²) in [6.45, 7) is 12.1. The number of halogens is 2. The Morgan fingerprint density at radius 1 is 1.19 bits per heavy atom. The Morgan fingerprint density at radius 2 is 1.85 bits per heavy atom. The minimum atomic E-state index is -4.59. The normalized spacial score (nSPS) is 21.8. The Morgan fingerprint density at radius 3 is 2.45 bits per heavy atom. The van der Waals surface area contributed by atoms with Crippen molar-refractivity contribution in [1.29, 1.82) is 5.26 Å². The number of nitrogens with zero attached hydrogens (tertiary/aromatic N) is 5. The summed E-state index contributed by atoms with van der Waals surface area (Å²) in [5, 5.41) is 10.4. The number of thiophene rings is 1. The Labute approximate surface area is 292 Å². The molecule has 3 N–H and O–H groups in total. The van der Waals surface area contributed by atoms with Gasteiger partial charge in [0.05, 0.1) is 44.1 Å². The van der Waals surface area contributed by atoms with E-state index in [4.69, 9.17) is 15.0 Å². The van der Waals surface area contributed by atoms with E-state index in [1.54, 1.807) is 19.1 Å². The second kappa shape index (κ2) is 16.3. The Hall–Kier alpha value is -2.51. The van der Waals surface area contributed by atoms with Gasteiger partial charge in [-0.15, -0.1) is 23.7 Å². The number of nitrogens with two attached hydrogens (primary N) is 1. The van der Waals surface area contributed by atoms with Crippen molar-refractivity contribution < 1.29 is 48.5 Å². The van der Waals surface area contributed by atoms with E-state index in [9.17, 15) is 23.1 Å². The molecule has 3 aliphatic heterocycles. The first-order chi connectivity index (χ1) is 21.5. The average Bonchev–Trinajstić information content (AvgIpc) is 3.37. The van der Waals surface area contributed by atoms with Crippen molar-refractivity contribution in [3.63, 3.8) is 0 Å². The highest BCUT2D eigenvalue weighted by atomic mass is 35.5. The fourth-order valence-electron chi connectivity index (χ4n) is 6.28. The lowest BCUT2D eigenvalue weighted by Crippen LogP contribution is -3.00. The van der Waals surface area contributed by atoms with Crippen LogP contribution >= 0.6 is 31.3 Å². The van der Waals surface area contributed by atoms with E-state index in [1.807, 2.05) is 0 Å². The number of nitrogens with one attached hydrogen (secondary N) is 1. The molecule has 1 aromatic carbocycles. The third kappa shape index (κ3) is 9.35. The van der Waals surface area contributed by atoms with E-state index in [0.29, 0.717) is 33.6 Å². The van der Waals surface area contributed by atoms with Crippen LogP contribution in [0.4, 0.5) is 0 Å². The third-order valence-corrected chi connectivity index (χ3v) is 13.4. The van der Waals surface area contributed by atoms with Crippen LogP contribution in [0.2, 0.25) is 0 Å². The molecule has 2 aromatic heterocycles. The van der Waals surface area contributed by atoms with Gasteiger partial charge in [-0.3, -0.25) is 14.5 Å². The maximum Gasteiger partial charge on any atom is 0.250 e. The zero-order valence-corrected chi connectivity index (χ0v) is 30.1. The summed E-state index contributed by atoms with van der Waals surface area (Å²) in [5.41, 5.74) is 6.13. The summed E-state index contributed by atoms with van der Waals surface area (Å²) in [4.78, 5) is 20.3. The number of aromatic nitrogens is 1. The van der Waals surface area contributed by atoms with Crippen LogP contribution in [-0.2, 0) is 14.6 Å². The Bertz CT molecular complexity index is 1730. The highest BCUT2D eigenvalue weighted by Crippen LogP contribution is 2.40. The molecule has 5 heterocycles. The third-order valence-electron chi connectivity index (χ3n) is 8.89. The molecule has 0 aliphatic carbocycles. The minimum absolute atomic E-state index is 0. The quantitative estimate of drug-likeness (QED) is 0.0687. The lowest BCUT2D eigenvalue weighted by molar-refractivity contribution is -1.08. The zero-order valence-electron chi connectivity index (χ0n) is 26.0. The smallest absolute Gasteiger partial charge is 0.250 e. The van der Waals surface area contributed by atoms with Gasteiger partial charge in [0.15, 0.2) is 7.60 Å². The van der Waals surface area contributed by atoms with Crippen LogP contribution in [0.5, 0.6) is 11.5 Å². The van der Waals surface area contributed by atoms with Crippen LogP contribution in [0.3, 0.4) is 0 Å². The summed E-state index contributed by atoms with van der Waals surface area (Å²) >= 11 is 0.968. The van der Waals surface area contributed by atoms with Crippen LogP contribution < -0.4 is 37.0 Å². The van der Waals surface area contributed by atoms with Crippen LogP contribution in [0.15, 0.2) is 45.9 Å². The molecule has 18 heteroatoms. The molecule has 1 unspecified atom stereocenters. The molecule has 3 aliphatic rings. The molecule has 0 amide bonds. The predicted octanol–water partition coefficient (Wildman–Crippen LogP) is -0.423. The van der Waals surface area contributed by atoms with E-state index < -0.39 is 23.9 Å². The first-order valence-electron chi connectivity index (χ1n) is 14.9. The highest BCUT2D eigenvalue weighted by molar-refractivity contribution is 7.92. The van der Waals surface area contributed by atoms with Crippen molar-refractivity contribution in [2.75, 3.05) is 71.8 Å². The lowest BCUT2D eigenvalue weighted by atomic mass is 10.1. The van der Waals surface area contributed by atoms with Crippen molar-refractivity contribution in [2.45, 2.75) is 24.0 Å². The summed E-state index contributed by atoms with van der Waals surface area (Å²) < 4.78 is 54.7. The zero-order chi connectivity index (χ0) is 32.1. The van der Waals surface area contributed by atoms with Crippen molar-refractivity contribution in [2.24, 2.45) is 10.7 Å². The lowest BCUT2D eigenvalue weighted by Gasteiger charge is -2.55. The molecule has 2 bridgehead atoms. The molecule has 1 atom stereocenters. The molecule has 3 saturated heterocycles. The van der Waals surface area contributed by atoms with Gasteiger partial charge in [0.1, 0.15) is 61.0 Å². The number of benzene rings is 1. The van der Waals surface area contributed by atoms with Gasteiger partial charge in [-0.1, -0.05) is 0 Å². The van der Waals surface area contributed by atoms with Gasteiger partial charge in [-0.05, 0) is 36.8 Å². The van der Waals surface area contributed by atoms with Gasteiger partial charge in [0.25, 0.3) is 10.0 Å².